The van der Waals surface area contributed by atoms with Crippen LogP contribution < -0.4 is 10.2 Å². The molecule has 5 nitrogen and oxygen atoms in total. The third-order valence-electron chi connectivity index (χ3n) is 3.04. The largest absolute Gasteiger partial charge is 0.377 e. The smallest absolute Gasteiger partial charge is 0.226 e. The van der Waals surface area contributed by atoms with Gasteiger partial charge in [0, 0.05) is 13.0 Å². The van der Waals surface area contributed by atoms with Crippen LogP contribution in [0.2, 0.25) is 5.15 Å². The van der Waals surface area contributed by atoms with E-state index >= 15 is 0 Å². The summed E-state index contributed by atoms with van der Waals surface area (Å²) in [5.74, 6) is 0.741. The van der Waals surface area contributed by atoms with E-state index in [4.69, 9.17) is 16.3 Å². The SMILES string of the molecule is O=C1CC2COCCN2c2nc(Cl)ccc2N1. The van der Waals surface area contributed by atoms with E-state index in [1.54, 1.807) is 12.1 Å². The highest BCUT2D eigenvalue weighted by Crippen LogP contribution is 2.31. The number of carbonyl (C=O) groups is 1. The summed E-state index contributed by atoms with van der Waals surface area (Å²) in [4.78, 5) is 18.1. The van der Waals surface area contributed by atoms with E-state index < -0.39 is 0 Å². The van der Waals surface area contributed by atoms with E-state index in [0.717, 1.165) is 18.1 Å². The van der Waals surface area contributed by atoms with Gasteiger partial charge in [-0.15, -0.1) is 0 Å². The standard InChI is InChI=1S/C11H12ClN3O2/c12-9-2-1-8-11(14-9)15-3-4-17-6-7(15)5-10(16)13-8/h1-2,7H,3-6H2,(H,13,16). The van der Waals surface area contributed by atoms with Crippen LogP contribution in [0.25, 0.3) is 0 Å². The van der Waals surface area contributed by atoms with Crippen LogP contribution >= 0.6 is 11.6 Å². The van der Waals surface area contributed by atoms with Gasteiger partial charge in [0.25, 0.3) is 0 Å². The summed E-state index contributed by atoms with van der Waals surface area (Å²) in [6, 6.07) is 3.53. The van der Waals surface area contributed by atoms with Gasteiger partial charge in [-0.1, -0.05) is 11.6 Å². The summed E-state index contributed by atoms with van der Waals surface area (Å²) in [6.07, 6.45) is 0.425. The Morgan fingerprint density at radius 1 is 1.53 bits per heavy atom. The first kappa shape index (κ1) is 10.8. The molecular formula is C11H12ClN3O2. The van der Waals surface area contributed by atoms with Crippen LogP contribution in [0.5, 0.6) is 0 Å². The molecule has 3 heterocycles. The fourth-order valence-electron chi connectivity index (χ4n) is 2.26. The van der Waals surface area contributed by atoms with Crippen LogP contribution in [0.3, 0.4) is 0 Å². The van der Waals surface area contributed by atoms with Gasteiger partial charge in [0.1, 0.15) is 5.15 Å². The fraction of sp³-hybridized carbons (Fsp3) is 0.455. The summed E-state index contributed by atoms with van der Waals surface area (Å²) in [5.41, 5.74) is 0.726. The van der Waals surface area contributed by atoms with E-state index in [9.17, 15) is 4.79 Å². The van der Waals surface area contributed by atoms with Crippen LogP contribution in [0.1, 0.15) is 6.42 Å². The number of aromatic nitrogens is 1. The molecule has 1 fully saturated rings. The highest BCUT2D eigenvalue weighted by Gasteiger charge is 2.31. The number of anilines is 2. The zero-order chi connectivity index (χ0) is 11.8. The van der Waals surface area contributed by atoms with Crippen molar-refractivity contribution in [2.75, 3.05) is 30.0 Å². The van der Waals surface area contributed by atoms with Crippen LogP contribution in [-0.2, 0) is 9.53 Å². The topological polar surface area (TPSA) is 54.5 Å². The molecule has 90 valence electrons. The van der Waals surface area contributed by atoms with Crippen molar-refractivity contribution in [2.45, 2.75) is 12.5 Å². The number of nitrogens with zero attached hydrogens (tertiary/aromatic N) is 2. The molecule has 1 aromatic rings. The lowest BCUT2D eigenvalue weighted by Crippen LogP contribution is -2.46. The Balaban J connectivity index is 2.07. The minimum absolute atomic E-state index is 0.00614. The number of hydrogen-bond donors (Lipinski definition) is 1. The Morgan fingerprint density at radius 3 is 3.29 bits per heavy atom. The second kappa shape index (κ2) is 4.16. The molecule has 0 radical (unpaired) electrons. The molecule has 1 amide bonds. The fourth-order valence-corrected chi connectivity index (χ4v) is 2.40. The molecule has 3 rings (SSSR count). The van der Waals surface area contributed by atoms with Gasteiger partial charge >= 0.3 is 0 Å². The normalized spacial score (nSPS) is 23.5. The van der Waals surface area contributed by atoms with Crippen LogP contribution in [0.15, 0.2) is 12.1 Å². The number of halogens is 1. The highest BCUT2D eigenvalue weighted by atomic mass is 35.5. The maximum Gasteiger partial charge on any atom is 0.226 e. The molecule has 1 saturated heterocycles. The Bertz CT molecular complexity index is 466. The predicted molar refractivity (Wildman–Crippen MR) is 64.4 cm³/mol. The summed E-state index contributed by atoms with van der Waals surface area (Å²) in [6.45, 7) is 1.94. The van der Waals surface area contributed by atoms with Gasteiger partial charge in [0.15, 0.2) is 5.82 Å². The molecule has 0 aliphatic carbocycles. The number of ether oxygens (including phenoxy) is 1. The Labute approximate surface area is 104 Å². The number of amides is 1. The number of morpholine rings is 1. The second-order valence-corrected chi connectivity index (χ2v) is 4.57. The van der Waals surface area contributed by atoms with Gasteiger partial charge in [0.2, 0.25) is 5.91 Å². The van der Waals surface area contributed by atoms with E-state index in [1.165, 1.54) is 0 Å². The zero-order valence-corrected chi connectivity index (χ0v) is 9.91. The molecule has 1 aromatic heterocycles. The minimum Gasteiger partial charge on any atom is -0.377 e. The van der Waals surface area contributed by atoms with Crippen molar-refractivity contribution in [1.82, 2.24) is 4.98 Å². The molecule has 0 saturated carbocycles. The highest BCUT2D eigenvalue weighted by molar-refractivity contribution is 6.29. The van der Waals surface area contributed by atoms with Gasteiger partial charge in [0.05, 0.1) is 24.9 Å². The first-order valence-corrected chi connectivity index (χ1v) is 5.92. The summed E-state index contributed by atoms with van der Waals surface area (Å²) in [7, 11) is 0. The van der Waals surface area contributed by atoms with Crippen LogP contribution in [-0.4, -0.2) is 36.7 Å². The Hall–Kier alpha value is -1.33. The van der Waals surface area contributed by atoms with Crippen molar-refractivity contribution in [3.05, 3.63) is 17.3 Å². The molecule has 0 bridgehead atoms. The van der Waals surface area contributed by atoms with Gasteiger partial charge in [-0.05, 0) is 12.1 Å². The van der Waals surface area contributed by atoms with Crippen molar-refractivity contribution < 1.29 is 9.53 Å². The van der Waals surface area contributed by atoms with Gasteiger partial charge in [-0.25, -0.2) is 4.98 Å². The molecular weight excluding hydrogens is 242 g/mol. The Morgan fingerprint density at radius 2 is 2.41 bits per heavy atom. The van der Waals surface area contributed by atoms with Crippen LogP contribution in [0.4, 0.5) is 11.5 Å². The third-order valence-corrected chi connectivity index (χ3v) is 3.25. The number of fused-ring (bicyclic) bond motifs is 3. The maximum absolute atomic E-state index is 11.7. The molecule has 1 N–H and O–H groups in total. The molecule has 1 unspecified atom stereocenters. The summed E-state index contributed by atoms with van der Waals surface area (Å²) in [5, 5.41) is 3.28. The Kier molecular flexibility index (Phi) is 2.64. The van der Waals surface area contributed by atoms with Crippen molar-refractivity contribution in [3.63, 3.8) is 0 Å². The number of nitrogens with one attached hydrogen (secondary N) is 1. The number of rotatable bonds is 0. The predicted octanol–water partition coefficient (Wildman–Crippen LogP) is 1.28. The molecule has 17 heavy (non-hydrogen) atoms. The second-order valence-electron chi connectivity index (χ2n) is 4.18. The maximum atomic E-state index is 11.7. The van der Waals surface area contributed by atoms with E-state index in [0.29, 0.717) is 24.8 Å². The monoisotopic (exact) mass is 253 g/mol. The lowest BCUT2D eigenvalue weighted by molar-refractivity contribution is -0.116. The lowest BCUT2D eigenvalue weighted by Gasteiger charge is -2.34. The quantitative estimate of drug-likeness (QED) is 0.708. The molecule has 6 heteroatoms. The number of pyridine rings is 1. The van der Waals surface area contributed by atoms with Crippen molar-refractivity contribution >= 4 is 29.0 Å². The number of carbonyl (C=O) groups excluding carboxylic acids is 1. The lowest BCUT2D eigenvalue weighted by atomic mass is 10.1. The minimum atomic E-state index is -0.00614. The summed E-state index contributed by atoms with van der Waals surface area (Å²) >= 11 is 5.92. The molecule has 0 spiro atoms. The third kappa shape index (κ3) is 1.96. The average molecular weight is 254 g/mol. The van der Waals surface area contributed by atoms with Gasteiger partial charge in [-0.3, -0.25) is 4.79 Å². The molecule has 0 aromatic carbocycles. The van der Waals surface area contributed by atoms with Crippen LogP contribution in [0, 0.1) is 0 Å². The van der Waals surface area contributed by atoms with E-state index in [2.05, 4.69) is 15.2 Å². The first-order valence-electron chi connectivity index (χ1n) is 5.55. The summed E-state index contributed by atoms with van der Waals surface area (Å²) < 4.78 is 5.41. The van der Waals surface area contributed by atoms with Gasteiger partial charge < -0.3 is 15.0 Å². The van der Waals surface area contributed by atoms with Crippen molar-refractivity contribution in [2.24, 2.45) is 0 Å². The van der Waals surface area contributed by atoms with E-state index in [1.807, 2.05) is 0 Å². The van der Waals surface area contributed by atoms with Crippen molar-refractivity contribution in [3.8, 4) is 0 Å². The first-order chi connectivity index (χ1) is 8.24. The molecule has 2 aliphatic heterocycles. The van der Waals surface area contributed by atoms with Gasteiger partial charge in [-0.2, -0.15) is 0 Å². The zero-order valence-electron chi connectivity index (χ0n) is 9.15. The van der Waals surface area contributed by atoms with Crippen molar-refractivity contribution in [1.29, 1.82) is 0 Å². The molecule has 2 aliphatic rings. The van der Waals surface area contributed by atoms with E-state index in [-0.39, 0.29) is 11.9 Å². The molecule has 1 atom stereocenters. The number of hydrogen-bond acceptors (Lipinski definition) is 4. The average Bonchev–Trinajstić information content (AvgIpc) is 2.45.